The van der Waals surface area contributed by atoms with Crippen LogP contribution in [0.25, 0.3) is 0 Å². The van der Waals surface area contributed by atoms with Crippen molar-refractivity contribution in [3.8, 4) is 0 Å². The maximum atomic E-state index is 12.6. The lowest BCUT2D eigenvalue weighted by atomic mass is 9.73. The molecule has 9 nitrogen and oxygen atoms in total. The van der Waals surface area contributed by atoms with Gasteiger partial charge in [0.1, 0.15) is 38.1 Å². The van der Waals surface area contributed by atoms with Crippen LogP contribution in [0.1, 0.15) is 19.3 Å². The summed E-state index contributed by atoms with van der Waals surface area (Å²) in [6, 6.07) is 0. The smallest absolute Gasteiger partial charge is 0.309 e. The molecule has 3 aliphatic heterocycles. The van der Waals surface area contributed by atoms with Crippen molar-refractivity contribution in [2.24, 2.45) is 17.8 Å². The molecular formula is C19H26O9. The molecule has 0 radical (unpaired) electrons. The molecule has 0 aromatic carbocycles. The maximum absolute atomic E-state index is 12.6. The Bertz CT molecular complexity index is 558. The predicted molar refractivity (Wildman–Crippen MR) is 91.3 cm³/mol. The Morgan fingerprint density at radius 2 is 1.11 bits per heavy atom. The van der Waals surface area contributed by atoms with Gasteiger partial charge >= 0.3 is 11.9 Å². The van der Waals surface area contributed by atoms with Crippen molar-refractivity contribution in [2.75, 3.05) is 46.2 Å². The van der Waals surface area contributed by atoms with Gasteiger partial charge in [0.2, 0.25) is 0 Å². The average molecular weight is 398 g/mol. The van der Waals surface area contributed by atoms with Crippen LogP contribution < -0.4 is 0 Å². The summed E-state index contributed by atoms with van der Waals surface area (Å²) in [4.78, 5) is 37.5. The molecule has 4 fully saturated rings. The number of carbonyl (C=O) groups is 3. The summed E-state index contributed by atoms with van der Waals surface area (Å²) < 4.78 is 31.1. The van der Waals surface area contributed by atoms with Gasteiger partial charge in [-0.15, -0.1) is 0 Å². The van der Waals surface area contributed by atoms with E-state index in [4.69, 9.17) is 28.4 Å². The Balaban J connectivity index is 1.31. The number of epoxide rings is 3. The molecule has 4 rings (SSSR count). The SMILES string of the molecule is O=C(COCC1CO1)C1CC(C(=O)OCC2CO2)CC(C(=O)OCC2CO2)C1. The van der Waals surface area contributed by atoms with Crippen molar-refractivity contribution in [1.82, 2.24) is 0 Å². The van der Waals surface area contributed by atoms with Crippen molar-refractivity contribution in [2.45, 2.75) is 37.6 Å². The first-order chi connectivity index (χ1) is 13.6. The van der Waals surface area contributed by atoms with Crippen LogP contribution in [0.15, 0.2) is 0 Å². The van der Waals surface area contributed by atoms with E-state index in [9.17, 15) is 14.4 Å². The highest BCUT2D eigenvalue weighted by molar-refractivity contribution is 5.85. The van der Waals surface area contributed by atoms with Gasteiger partial charge in [-0.25, -0.2) is 0 Å². The molecule has 0 N–H and O–H groups in total. The molecule has 0 spiro atoms. The van der Waals surface area contributed by atoms with Crippen LogP contribution >= 0.6 is 0 Å². The highest BCUT2D eigenvalue weighted by atomic mass is 16.6. The van der Waals surface area contributed by atoms with E-state index in [0.717, 1.165) is 0 Å². The number of ether oxygens (including phenoxy) is 6. The summed E-state index contributed by atoms with van der Waals surface area (Å²) in [5, 5.41) is 0. The van der Waals surface area contributed by atoms with E-state index in [1.165, 1.54) is 0 Å². The molecule has 4 aliphatic rings. The average Bonchev–Trinajstić information content (AvgIpc) is 3.56. The molecule has 1 aliphatic carbocycles. The van der Waals surface area contributed by atoms with Crippen molar-refractivity contribution in [3.63, 3.8) is 0 Å². The molecule has 0 bridgehead atoms. The highest BCUT2D eigenvalue weighted by Crippen LogP contribution is 2.36. The molecule has 9 heteroatoms. The molecule has 5 atom stereocenters. The van der Waals surface area contributed by atoms with Crippen molar-refractivity contribution < 1.29 is 42.8 Å². The van der Waals surface area contributed by atoms with E-state index in [-0.39, 0.29) is 55.9 Å². The van der Waals surface area contributed by atoms with Gasteiger partial charge in [-0.2, -0.15) is 0 Å². The lowest BCUT2D eigenvalue weighted by molar-refractivity contribution is -0.157. The van der Waals surface area contributed by atoms with Gasteiger partial charge in [-0.3, -0.25) is 14.4 Å². The number of carbonyl (C=O) groups excluding carboxylic acids is 3. The maximum Gasteiger partial charge on any atom is 0.309 e. The van der Waals surface area contributed by atoms with Crippen LogP contribution in [-0.4, -0.2) is 82.3 Å². The topological polar surface area (TPSA) is 116 Å². The van der Waals surface area contributed by atoms with Crippen LogP contribution in [0.2, 0.25) is 0 Å². The van der Waals surface area contributed by atoms with Gasteiger partial charge in [-0.1, -0.05) is 0 Å². The van der Waals surface area contributed by atoms with E-state index < -0.39 is 17.8 Å². The quantitative estimate of drug-likeness (QED) is 0.347. The second-order valence-electron chi connectivity index (χ2n) is 7.91. The van der Waals surface area contributed by atoms with Gasteiger partial charge in [0, 0.05) is 5.92 Å². The summed E-state index contributed by atoms with van der Waals surface area (Å²) in [5.41, 5.74) is 0. The molecule has 1 saturated carbocycles. The van der Waals surface area contributed by atoms with Crippen LogP contribution in [0.3, 0.4) is 0 Å². The zero-order chi connectivity index (χ0) is 19.5. The minimum Gasteiger partial charge on any atom is -0.463 e. The summed E-state index contributed by atoms with van der Waals surface area (Å²) >= 11 is 0. The Morgan fingerprint density at radius 3 is 1.57 bits per heavy atom. The molecule has 0 aromatic heterocycles. The van der Waals surface area contributed by atoms with Crippen LogP contribution in [0.4, 0.5) is 0 Å². The second kappa shape index (κ2) is 8.86. The fourth-order valence-electron chi connectivity index (χ4n) is 3.45. The summed E-state index contributed by atoms with van der Waals surface area (Å²) in [6.07, 6.45) is 1.09. The highest BCUT2D eigenvalue weighted by Gasteiger charge is 2.41. The van der Waals surface area contributed by atoms with Gasteiger partial charge in [0.25, 0.3) is 0 Å². The molecule has 5 unspecified atom stereocenters. The van der Waals surface area contributed by atoms with Crippen molar-refractivity contribution >= 4 is 17.7 Å². The molecule has 3 heterocycles. The molecular weight excluding hydrogens is 372 g/mol. The van der Waals surface area contributed by atoms with E-state index in [1.54, 1.807) is 0 Å². The van der Waals surface area contributed by atoms with E-state index >= 15 is 0 Å². The van der Waals surface area contributed by atoms with Gasteiger partial charge in [0.05, 0.1) is 38.3 Å². The summed E-state index contributed by atoms with van der Waals surface area (Å²) in [5.74, 6) is -2.33. The number of hydrogen-bond acceptors (Lipinski definition) is 9. The third kappa shape index (κ3) is 5.97. The number of rotatable bonds is 11. The normalized spacial score (nSPS) is 35.7. The minimum absolute atomic E-state index is 0.0256. The Kier molecular flexibility index (Phi) is 6.25. The number of ketones is 1. The first kappa shape index (κ1) is 19.8. The predicted octanol–water partition coefficient (Wildman–Crippen LogP) is -0.113. The Hall–Kier alpha value is -1.55. The first-order valence-corrected chi connectivity index (χ1v) is 9.87. The molecule has 156 valence electrons. The standard InChI is InChI=1S/C19H26O9/c20-17(10-23-4-14-5-24-14)11-1-12(18(21)27-8-15-6-25-15)3-13(2-11)19(22)28-9-16-7-26-16/h11-16H,1-10H2. The summed E-state index contributed by atoms with van der Waals surface area (Å²) in [6.45, 7) is 2.63. The van der Waals surface area contributed by atoms with Crippen molar-refractivity contribution in [3.05, 3.63) is 0 Å². The third-order valence-corrected chi connectivity index (χ3v) is 5.41. The Labute approximate surface area is 162 Å². The van der Waals surface area contributed by atoms with Gasteiger partial charge in [-0.05, 0) is 19.3 Å². The molecule has 0 aromatic rings. The van der Waals surface area contributed by atoms with Gasteiger partial charge in [0.15, 0.2) is 5.78 Å². The minimum atomic E-state index is -0.511. The molecule has 3 saturated heterocycles. The van der Waals surface area contributed by atoms with E-state index in [2.05, 4.69) is 0 Å². The van der Waals surface area contributed by atoms with Crippen molar-refractivity contribution in [1.29, 1.82) is 0 Å². The van der Waals surface area contributed by atoms with E-state index in [1.807, 2.05) is 0 Å². The number of Topliss-reactive ketones (excluding diaryl/α,β-unsaturated/α-hetero) is 1. The van der Waals surface area contributed by atoms with Crippen LogP contribution in [-0.2, 0) is 42.8 Å². The molecule has 28 heavy (non-hydrogen) atoms. The lowest BCUT2D eigenvalue weighted by Gasteiger charge is -2.31. The zero-order valence-electron chi connectivity index (χ0n) is 15.7. The number of hydrogen-bond donors (Lipinski definition) is 0. The lowest BCUT2D eigenvalue weighted by Crippen LogP contribution is -2.38. The Morgan fingerprint density at radius 1 is 0.679 bits per heavy atom. The first-order valence-electron chi connectivity index (χ1n) is 9.87. The summed E-state index contributed by atoms with van der Waals surface area (Å²) in [7, 11) is 0. The van der Waals surface area contributed by atoms with Crippen LogP contribution in [0.5, 0.6) is 0 Å². The fraction of sp³-hybridized carbons (Fsp3) is 0.842. The second-order valence-corrected chi connectivity index (χ2v) is 7.91. The largest absolute Gasteiger partial charge is 0.463 e. The third-order valence-electron chi connectivity index (χ3n) is 5.41. The monoisotopic (exact) mass is 398 g/mol. The zero-order valence-corrected chi connectivity index (χ0v) is 15.7. The molecule has 0 amide bonds. The van der Waals surface area contributed by atoms with Gasteiger partial charge < -0.3 is 28.4 Å². The fourth-order valence-corrected chi connectivity index (χ4v) is 3.45. The number of esters is 2. The van der Waals surface area contributed by atoms with E-state index in [0.29, 0.717) is 45.7 Å². The van der Waals surface area contributed by atoms with Crippen LogP contribution in [0, 0.1) is 17.8 Å².